The van der Waals surface area contributed by atoms with E-state index in [0.717, 1.165) is 18.4 Å². The molecular weight excluding hydrogens is 403 g/mol. The summed E-state index contributed by atoms with van der Waals surface area (Å²) < 4.78 is 5.81. The average molecular weight is 430 g/mol. The Morgan fingerprint density at radius 1 is 1.22 bits per heavy atom. The zero-order valence-electron chi connectivity index (χ0n) is 13.5. The van der Waals surface area contributed by atoms with Crippen molar-refractivity contribution in [3.05, 3.63) is 23.9 Å². The molecule has 2 aliphatic rings. The van der Waals surface area contributed by atoms with E-state index in [2.05, 4.69) is 15.3 Å². The fourth-order valence-electron chi connectivity index (χ4n) is 2.95. The second-order valence-electron chi connectivity index (χ2n) is 6.35. The van der Waals surface area contributed by atoms with Gasteiger partial charge in [0.25, 0.3) is 0 Å². The van der Waals surface area contributed by atoms with Crippen molar-refractivity contribution in [3.8, 4) is 5.88 Å². The second kappa shape index (κ2) is 9.30. The monoisotopic (exact) mass is 430 g/mol. The van der Waals surface area contributed by atoms with Crippen molar-refractivity contribution in [1.82, 2.24) is 10.3 Å². The first kappa shape index (κ1) is 18.3. The van der Waals surface area contributed by atoms with Gasteiger partial charge in [0.05, 0.1) is 6.54 Å². The quantitative estimate of drug-likeness (QED) is 0.427. The third kappa shape index (κ3) is 5.82. The minimum Gasteiger partial charge on any atom is -0.474 e. The van der Waals surface area contributed by atoms with Crippen molar-refractivity contribution in [2.45, 2.75) is 70.1 Å². The number of rotatable bonds is 5. The molecule has 6 heteroatoms. The standard InChI is InChI=1S/C17H26N4O.HI/c18-17(21-14-5-2-1-3-6-14)20-12-13-9-10-19-16(11-13)22-15-7-4-8-15;/h9-11,14-15H,1-8,12H2,(H3,18,20,21);1H. The Kier molecular flexibility index (Phi) is 7.39. The second-order valence-corrected chi connectivity index (χ2v) is 6.35. The van der Waals surface area contributed by atoms with E-state index in [1.165, 1.54) is 38.5 Å². The van der Waals surface area contributed by atoms with Crippen LogP contribution in [0.3, 0.4) is 0 Å². The summed E-state index contributed by atoms with van der Waals surface area (Å²) in [5.41, 5.74) is 7.08. The Balaban J connectivity index is 0.00000192. The molecule has 3 N–H and O–H groups in total. The molecule has 0 unspecified atom stereocenters. The van der Waals surface area contributed by atoms with Gasteiger partial charge in [-0.2, -0.15) is 0 Å². The van der Waals surface area contributed by atoms with Crippen LogP contribution in [0.25, 0.3) is 0 Å². The predicted octanol–water partition coefficient (Wildman–Crippen LogP) is 3.37. The Hall–Kier alpha value is -1.05. The van der Waals surface area contributed by atoms with Crippen LogP contribution in [-0.2, 0) is 6.54 Å². The Labute approximate surface area is 155 Å². The van der Waals surface area contributed by atoms with E-state index in [1.54, 1.807) is 6.20 Å². The van der Waals surface area contributed by atoms with Crippen LogP contribution in [0.4, 0.5) is 0 Å². The highest BCUT2D eigenvalue weighted by atomic mass is 127. The van der Waals surface area contributed by atoms with Gasteiger partial charge in [0.15, 0.2) is 5.96 Å². The van der Waals surface area contributed by atoms with Gasteiger partial charge in [-0.25, -0.2) is 9.98 Å². The molecule has 0 spiro atoms. The minimum absolute atomic E-state index is 0. The molecule has 128 valence electrons. The number of nitrogens with zero attached hydrogens (tertiary/aromatic N) is 2. The highest BCUT2D eigenvalue weighted by Gasteiger charge is 2.19. The molecular formula is C17H27IN4O. The number of aliphatic imine (C=N–C) groups is 1. The van der Waals surface area contributed by atoms with Gasteiger partial charge in [-0.3, -0.25) is 0 Å². The van der Waals surface area contributed by atoms with E-state index >= 15 is 0 Å². The number of hydrogen-bond acceptors (Lipinski definition) is 3. The summed E-state index contributed by atoms with van der Waals surface area (Å²) >= 11 is 0. The van der Waals surface area contributed by atoms with Gasteiger partial charge in [0, 0.05) is 18.3 Å². The summed E-state index contributed by atoms with van der Waals surface area (Å²) in [6, 6.07) is 4.42. The van der Waals surface area contributed by atoms with Crippen LogP contribution in [0, 0.1) is 0 Å². The maximum atomic E-state index is 5.99. The molecule has 23 heavy (non-hydrogen) atoms. The first-order chi connectivity index (χ1) is 10.8. The zero-order chi connectivity index (χ0) is 15.2. The summed E-state index contributed by atoms with van der Waals surface area (Å²) in [5.74, 6) is 1.25. The van der Waals surface area contributed by atoms with Crippen LogP contribution in [0.2, 0.25) is 0 Å². The van der Waals surface area contributed by atoms with Crippen molar-refractivity contribution < 1.29 is 4.74 Å². The van der Waals surface area contributed by atoms with Crippen molar-refractivity contribution >= 4 is 29.9 Å². The Morgan fingerprint density at radius 2 is 2.00 bits per heavy atom. The molecule has 1 aromatic rings. The van der Waals surface area contributed by atoms with E-state index < -0.39 is 0 Å². The Bertz CT molecular complexity index is 513. The number of ether oxygens (including phenoxy) is 1. The molecule has 0 aliphatic heterocycles. The SMILES string of the molecule is I.NC(=NCc1ccnc(OC2CCC2)c1)NC1CCCCC1. The Morgan fingerprint density at radius 3 is 2.70 bits per heavy atom. The predicted molar refractivity (Wildman–Crippen MR) is 103 cm³/mol. The number of halogens is 1. The number of nitrogens with two attached hydrogens (primary N) is 1. The molecule has 0 bridgehead atoms. The van der Waals surface area contributed by atoms with Crippen LogP contribution in [0.15, 0.2) is 23.3 Å². The van der Waals surface area contributed by atoms with E-state index in [1.807, 2.05) is 12.1 Å². The number of hydrogen-bond donors (Lipinski definition) is 2. The molecule has 0 atom stereocenters. The van der Waals surface area contributed by atoms with Gasteiger partial charge in [-0.15, -0.1) is 24.0 Å². The lowest BCUT2D eigenvalue weighted by Gasteiger charge is -2.25. The highest BCUT2D eigenvalue weighted by molar-refractivity contribution is 14.0. The van der Waals surface area contributed by atoms with E-state index in [4.69, 9.17) is 10.5 Å². The summed E-state index contributed by atoms with van der Waals surface area (Å²) in [6.07, 6.45) is 12.0. The molecule has 1 aromatic heterocycles. The largest absolute Gasteiger partial charge is 0.474 e. The maximum Gasteiger partial charge on any atom is 0.213 e. The molecule has 2 aliphatic carbocycles. The smallest absolute Gasteiger partial charge is 0.213 e. The van der Waals surface area contributed by atoms with Crippen LogP contribution in [0.5, 0.6) is 5.88 Å². The van der Waals surface area contributed by atoms with E-state index in [0.29, 0.717) is 30.5 Å². The average Bonchev–Trinajstić information content (AvgIpc) is 2.50. The van der Waals surface area contributed by atoms with Gasteiger partial charge in [0.2, 0.25) is 5.88 Å². The normalized spacial score (nSPS) is 19.6. The van der Waals surface area contributed by atoms with Crippen molar-refractivity contribution in [2.24, 2.45) is 10.7 Å². The summed E-state index contributed by atoms with van der Waals surface area (Å²) in [5, 5.41) is 3.34. The lowest BCUT2D eigenvalue weighted by atomic mass is 9.96. The summed E-state index contributed by atoms with van der Waals surface area (Å²) in [4.78, 5) is 8.71. The van der Waals surface area contributed by atoms with Crippen LogP contribution >= 0.6 is 24.0 Å². The summed E-state index contributed by atoms with van der Waals surface area (Å²) in [6.45, 7) is 0.565. The maximum absolute atomic E-state index is 5.99. The molecule has 3 rings (SSSR count). The fourth-order valence-corrected chi connectivity index (χ4v) is 2.95. The number of guanidine groups is 1. The summed E-state index contributed by atoms with van der Waals surface area (Å²) in [7, 11) is 0. The third-order valence-corrected chi connectivity index (χ3v) is 4.53. The van der Waals surface area contributed by atoms with Crippen LogP contribution in [-0.4, -0.2) is 23.1 Å². The topological polar surface area (TPSA) is 72.5 Å². The highest BCUT2D eigenvalue weighted by Crippen LogP contribution is 2.24. The number of pyridine rings is 1. The lowest BCUT2D eigenvalue weighted by molar-refractivity contribution is 0.114. The molecule has 0 amide bonds. The van der Waals surface area contributed by atoms with E-state index in [9.17, 15) is 0 Å². The molecule has 0 saturated heterocycles. The van der Waals surface area contributed by atoms with Crippen LogP contribution in [0.1, 0.15) is 56.9 Å². The fraction of sp³-hybridized carbons (Fsp3) is 0.647. The van der Waals surface area contributed by atoms with Gasteiger partial charge in [-0.1, -0.05) is 19.3 Å². The molecule has 5 nitrogen and oxygen atoms in total. The lowest BCUT2D eigenvalue weighted by Crippen LogP contribution is -2.41. The van der Waals surface area contributed by atoms with Gasteiger partial charge in [-0.05, 0) is 43.7 Å². The van der Waals surface area contributed by atoms with Gasteiger partial charge < -0.3 is 15.8 Å². The van der Waals surface area contributed by atoms with Crippen molar-refractivity contribution in [3.63, 3.8) is 0 Å². The number of nitrogens with one attached hydrogen (secondary N) is 1. The molecule has 0 radical (unpaired) electrons. The molecule has 1 heterocycles. The van der Waals surface area contributed by atoms with Gasteiger partial charge >= 0.3 is 0 Å². The van der Waals surface area contributed by atoms with Gasteiger partial charge in [0.1, 0.15) is 6.10 Å². The van der Waals surface area contributed by atoms with Crippen molar-refractivity contribution in [2.75, 3.05) is 0 Å². The third-order valence-electron chi connectivity index (χ3n) is 4.53. The van der Waals surface area contributed by atoms with Crippen LogP contribution < -0.4 is 15.8 Å². The first-order valence-electron chi connectivity index (χ1n) is 8.47. The molecule has 0 aromatic carbocycles. The van der Waals surface area contributed by atoms with Crippen molar-refractivity contribution in [1.29, 1.82) is 0 Å². The first-order valence-corrected chi connectivity index (χ1v) is 8.47. The number of aromatic nitrogens is 1. The molecule has 2 saturated carbocycles. The van der Waals surface area contributed by atoms with E-state index in [-0.39, 0.29) is 24.0 Å². The minimum atomic E-state index is 0. The zero-order valence-corrected chi connectivity index (χ0v) is 15.9. The molecule has 2 fully saturated rings.